The van der Waals surface area contributed by atoms with Crippen LogP contribution < -0.4 is 5.32 Å². The number of aliphatic hydroxyl groups excluding tert-OH is 2. The molecule has 0 radical (unpaired) electrons. The lowest BCUT2D eigenvalue weighted by Gasteiger charge is -2.19. The molecule has 5 rings (SSSR count). The molecule has 1 aliphatic carbocycles. The Bertz CT molecular complexity index is 1210. The van der Waals surface area contributed by atoms with Crippen molar-refractivity contribution in [3.63, 3.8) is 0 Å². The number of nitrogens with one attached hydrogen (secondary N) is 1. The number of hydrogen-bond donors (Lipinski definition) is 3. The number of rotatable bonds is 3. The molecule has 6 nitrogen and oxygen atoms in total. The molecule has 3 N–H and O–H groups in total. The van der Waals surface area contributed by atoms with Crippen molar-refractivity contribution in [3.8, 4) is 11.3 Å². The third-order valence-corrected chi connectivity index (χ3v) is 6.14. The number of anilines is 1. The summed E-state index contributed by atoms with van der Waals surface area (Å²) in [5, 5.41) is 31.2. The summed E-state index contributed by atoms with van der Waals surface area (Å²) in [7, 11) is 0. The summed E-state index contributed by atoms with van der Waals surface area (Å²) in [5.41, 5.74) is 2.47. The quantitative estimate of drug-likeness (QED) is 0.481. The van der Waals surface area contributed by atoms with Gasteiger partial charge in [-0.1, -0.05) is 48.9 Å². The lowest BCUT2D eigenvalue weighted by molar-refractivity contribution is 0.0210. The maximum absolute atomic E-state index is 10.3. The second-order valence-corrected chi connectivity index (χ2v) is 8.12. The molecule has 4 aromatic rings. The minimum Gasteiger partial charge on any atom is -0.390 e. The van der Waals surface area contributed by atoms with Crippen LogP contribution in [0.4, 0.5) is 5.82 Å². The normalized spacial score (nSPS) is 24.4. The highest BCUT2D eigenvalue weighted by Crippen LogP contribution is 2.33. The molecular weight excluding hydrogens is 388 g/mol. The molecule has 0 saturated heterocycles. The predicted octanol–water partition coefficient (Wildman–Crippen LogP) is 3.75. The van der Waals surface area contributed by atoms with Gasteiger partial charge in [-0.2, -0.15) is 9.61 Å². The number of nitrogens with zero attached hydrogens (tertiary/aromatic N) is 3. The predicted molar refractivity (Wildman–Crippen MR) is 114 cm³/mol. The Labute approximate surface area is 172 Å². The van der Waals surface area contributed by atoms with Gasteiger partial charge in [0.1, 0.15) is 11.9 Å². The first-order chi connectivity index (χ1) is 14.0. The van der Waals surface area contributed by atoms with Gasteiger partial charge in [0.15, 0.2) is 5.65 Å². The van der Waals surface area contributed by atoms with Gasteiger partial charge in [0.05, 0.1) is 17.8 Å². The minimum absolute atomic E-state index is 0.0356. The van der Waals surface area contributed by atoms with Gasteiger partial charge in [-0.3, -0.25) is 0 Å². The molecule has 0 amide bonds. The third-order valence-electron chi connectivity index (χ3n) is 5.81. The Kier molecular flexibility index (Phi) is 4.42. The Morgan fingerprint density at radius 3 is 2.62 bits per heavy atom. The van der Waals surface area contributed by atoms with Gasteiger partial charge in [0.2, 0.25) is 0 Å². The van der Waals surface area contributed by atoms with Gasteiger partial charge in [-0.25, -0.2) is 4.98 Å². The Morgan fingerprint density at radius 2 is 1.86 bits per heavy atom. The molecular formula is C22H21ClN4O2. The zero-order valence-corrected chi connectivity index (χ0v) is 16.6. The molecule has 0 unspecified atom stereocenters. The first-order valence-corrected chi connectivity index (χ1v) is 10.1. The summed E-state index contributed by atoms with van der Waals surface area (Å²) in [4.78, 5) is 4.43. The highest BCUT2D eigenvalue weighted by molar-refractivity contribution is 6.36. The van der Waals surface area contributed by atoms with Crippen molar-refractivity contribution in [2.24, 2.45) is 5.92 Å². The van der Waals surface area contributed by atoms with Gasteiger partial charge >= 0.3 is 0 Å². The highest BCUT2D eigenvalue weighted by Gasteiger charge is 2.39. The van der Waals surface area contributed by atoms with Crippen molar-refractivity contribution in [2.75, 3.05) is 5.32 Å². The van der Waals surface area contributed by atoms with Crippen LogP contribution in [-0.4, -0.2) is 43.1 Å². The average Bonchev–Trinajstić information content (AvgIpc) is 3.26. The minimum atomic E-state index is -0.816. The summed E-state index contributed by atoms with van der Waals surface area (Å²) in [6, 6.07) is 15.3. The van der Waals surface area contributed by atoms with Crippen LogP contribution in [-0.2, 0) is 0 Å². The van der Waals surface area contributed by atoms with Gasteiger partial charge in [0.25, 0.3) is 0 Å². The van der Waals surface area contributed by atoms with E-state index in [2.05, 4.69) is 10.3 Å². The van der Waals surface area contributed by atoms with Crippen LogP contribution in [0.2, 0.25) is 5.02 Å². The van der Waals surface area contributed by atoms with E-state index >= 15 is 0 Å². The van der Waals surface area contributed by atoms with E-state index in [0.717, 1.165) is 27.8 Å². The first-order valence-electron chi connectivity index (χ1n) is 9.68. The first kappa shape index (κ1) is 18.4. The lowest BCUT2D eigenvalue weighted by Crippen LogP contribution is -2.35. The summed E-state index contributed by atoms with van der Waals surface area (Å²) < 4.78 is 1.74. The molecule has 7 heteroatoms. The molecule has 0 bridgehead atoms. The van der Waals surface area contributed by atoms with E-state index in [0.29, 0.717) is 17.1 Å². The SMILES string of the molecule is C[C@@H]1C[C@@H](Nc2ccnc3cc(-c4ccc(Cl)c5ccccc45)nn23)[C@H](O)[C@@H]1O. The molecule has 1 aliphatic rings. The molecule has 1 fully saturated rings. The second-order valence-electron chi connectivity index (χ2n) is 7.72. The summed E-state index contributed by atoms with van der Waals surface area (Å²) in [6.45, 7) is 1.94. The maximum atomic E-state index is 10.3. The number of halogens is 1. The number of hydrogen-bond acceptors (Lipinski definition) is 5. The summed E-state index contributed by atoms with van der Waals surface area (Å²) >= 11 is 6.36. The van der Waals surface area contributed by atoms with E-state index in [9.17, 15) is 10.2 Å². The fourth-order valence-corrected chi connectivity index (χ4v) is 4.44. The molecule has 0 aliphatic heterocycles. The van der Waals surface area contributed by atoms with Crippen molar-refractivity contribution >= 4 is 33.8 Å². The van der Waals surface area contributed by atoms with E-state index in [-0.39, 0.29) is 12.0 Å². The Hall–Kier alpha value is -2.67. The molecule has 1 saturated carbocycles. The standard InChI is InChI=1S/C22H21ClN4O2/c1-12-10-18(22(29)21(12)28)25-19-8-9-24-20-11-17(26-27(19)20)15-6-7-16(23)14-5-3-2-4-13(14)15/h2-9,11-12,18,21-22,25,28-29H,10H2,1H3/t12-,18-,21-,22+/m1/s1. The van der Waals surface area contributed by atoms with E-state index in [1.165, 1.54) is 0 Å². The lowest BCUT2D eigenvalue weighted by atomic mass is 10.0. The van der Waals surface area contributed by atoms with Crippen LogP contribution >= 0.6 is 11.6 Å². The third kappa shape index (κ3) is 3.04. The van der Waals surface area contributed by atoms with Crippen molar-refractivity contribution in [1.29, 1.82) is 0 Å². The number of aliphatic hydroxyl groups is 2. The number of fused-ring (bicyclic) bond motifs is 2. The zero-order valence-electron chi connectivity index (χ0n) is 15.8. The molecule has 2 aromatic heterocycles. The van der Waals surface area contributed by atoms with Crippen LogP contribution in [0.5, 0.6) is 0 Å². The average molecular weight is 409 g/mol. The summed E-state index contributed by atoms with van der Waals surface area (Å²) in [6.07, 6.45) is 0.855. The van der Waals surface area contributed by atoms with Crippen LogP contribution in [0, 0.1) is 5.92 Å². The van der Waals surface area contributed by atoms with E-state index in [1.807, 2.05) is 55.5 Å². The Morgan fingerprint density at radius 1 is 1.07 bits per heavy atom. The number of aromatic nitrogens is 3. The summed E-state index contributed by atoms with van der Waals surface area (Å²) in [5.74, 6) is 0.762. The second kappa shape index (κ2) is 6.99. The van der Waals surface area contributed by atoms with Gasteiger partial charge in [-0.15, -0.1) is 0 Å². The smallest absolute Gasteiger partial charge is 0.157 e. The molecule has 0 spiro atoms. The largest absolute Gasteiger partial charge is 0.390 e. The molecule has 4 atom stereocenters. The zero-order chi connectivity index (χ0) is 20.1. The van der Waals surface area contributed by atoms with Crippen LogP contribution in [0.1, 0.15) is 13.3 Å². The van der Waals surface area contributed by atoms with Gasteiger partial charge < -0.3 is 15.5 Å². The molecule has 2 aromatic carbocycles. The topological polar surface area (TPSA) is 82.7 Å². The van der Waals surface area contributed by atoms with Crippen molar-refractivity contribution in [2.45, 2.75) is 31.6 Å². The fourth-order valence-electron chi connectivity index (χ4n) is 4.21. The Balaban J connectivity index is 1.57. The van der Waals surface area contributed by atoms with E-state index in [4.69, 9.17) is 16.7 Å². The number of benzene rings is 2. The van der Waals surface area contributed by atoms with E-state index < -0.39 is 12.2 Å². The fraction of sp³-hybridized carbons (Fsp3) is 0.273. The van der Waals surface area contributed by atoms with Crippen molar-refractivity contribution < 1.29 is 10.2 Å². The maximum Gasteiger partial charge on any atom is 0.157 e. The van der Waals surface area contributed by atoms with Crippen molar-refractivity contribution in [1.82, 2.24) is 14.6 Å². The molecule has 2 heterocycles. The van der Waals surface area contributed by atoms with E-state index in [1.54, 1.807) is 10.7 Å². The van der Waals surface area contributed by atoms with Crippen LogP contribution in [0.15, 0.2) is 54.7 Å². The van der Waals surface area contributed by atoms with Gasteiger partial charge in [-0.05, 0) is 29.9 Å². The van der Waals surface area contributed by atoms with Crippen LogP contribution in [0.25, 0.3) is 27.7 Å². The van der Waals surface area contributed by atoms with Crippen molar-refractivity contribution in [3.05, 3.63) is 59.8 Å². The molecule has 29 heavy (non-hydrogen) atoms. The van der Waals surface area contributed by atoms with Gasteiger partial charge in [0, 0.05) is 28.2 Å². The monoisotopic (exact) mass is 408 g/mol. The highest BCUT2D eigenvalue weighted by atomic mass is 35.5. The molecule has 148 valence electrons. The van der Waals surface area contributed by atoms with Crippen LogP contribution in [0.3, 0.4) is 0 Å².